The van der Waals surface area contributed by atoms with Gasteiger partial charge in [-0.25, -0.2) is 0 Å². The van der Waals surface area contributed by atoms with Gasteiger partial charge in [0.1, 0.15) is 28.2 Å². The van der Waals surface area contributed by atoms with Crippen LogP contribution in [0.5, 0.6) is 11.5 Å². The quantitative estimate of drug-likeness (QED) is 0.266. The van der Waals surface area contributed by atoms with E-state index in [9.17, 15) is 10.2 Å². The van der Waals surface area contributed by atoms with Crippen molar-refractivity contribution in [1.82, 2.24) is 14.1 Å². The second-order valence-corrected chi connectivity index (χ2v) is 11.3. The van der Waals surface area contributed by atoms with Crippen LogP contribution in [-0.4, -0.2) is 24.3 Å². The fraction of sp³-hybridized carbons (Fsp3) is 0.400. The average Bonchev–Trinajstić information content (AvgIpc) is 3.49. The number of rotatable bonds is 7. The molecule has 5 nitrogen and oxygen atoms in total. The highest BCUT2D eigenvalue weighted by Crippen LogP contribution is 2.42. The van der Waals surface area contributed by atoms with E-state index in [-0.39, 0.29) is 16.6 Å². The van der Waals surface area contributed by atoms with Crippen molar-refractivity contribution in [3.8, 4) is 17.2 Å². The molecule has 0 radical (unpaired) electrons. The van der Waals surface area contributed by atoms with E-state index >= 15 is 0 Å². The van der Waals surface area contributed by atoms with E-state index < -0.39 is 0 Å². The zero-order valence-corrected chi connectivity index (χ0v) is 22.0. The van der Waals surface area contributed by atoms with Crippen LogP contribution >= 0.6 is 0 Å². The number of aryl methyl sites for hydroxylation is 1. The fourth-order valence-corrected chi connectivity index (χ4v) is 4.95. The summed E-state index contributed by atoms with van der Waals surface area (Å²) < 4.78 is 4.11. The molecule has 0 aliphatic rings. The van der Waals surface area contributed by atoms with E-state index in [0.29, 0.717) is 12.2 Å². The first-order valence-corrected chi connectivity index (χ1v) is 12.7. The Morgan fingerprint density at radius 3 is 1.89 bits per heavy atom. The summed E-state index contributed by atoms with van der Waals surface area (Å²) in [6.07, 6.45) is 2.40. The highest BCUT2D eigenvalue weighted by Gasteiger charge is 2.30. The van der Waals surface area contributed by atoms with Gasteiger partial charge in [0, 0.05) is 17.5 Å². The predicted molar refractivity (Wildman–Crippen MR) is 143 cm³/mol. The highest BCUT2D eigenvalue weighted by molar-refractivity contribution is 5.79. The van der Waals surface area contributed by atoms with Crippen LogP contribution in [0.25, 0.3) is 16.7 Å². The topological polar surface area (TPSA) is 54.2 Å². The maximum atomic E-state index is 11.4. The van der Waals surface area contributed by atoms with Crippen LogP contribution < -0.4 is 0 Å². The maximum absolute atomic E-state index is 11.4. The van der Waals surface area contributed by atoms with Crippen LogP contribution in [0.4, 0.5) is 0 Å². The average molecular weight is 472 g/mol. The molecule has 0 spiro atoms. The Kier molecular flexibility index (Phi) is 5.24. The van der Waals surface area contributed by atoms with Crippen molar-refractivity contribution < 1.29 is 10.2 Å². The van der Waals surface area contributed by atoms with Crippen molar-refractivity contribution in [3.05, 3.63) is 76.3 Å². The Bertz CT molecular complexity index is 1480. The molecule has 0 saturated heterocycles. The molecule has 0 bridgehead atoms. The molecule has 184 valence electrons. The lowest BCUT2D eigenvalue weighted by atomic mass is 9.74. The molecular weight excluding hydrogens is 434 g/mol. The Hall–Kier alpha value is -3.34. The number of aromatic hydroxyl groups is 2. The Balaban J connectivity index is 1.63. The van der Waals surface area contributed by atoms with Crippen LogP contribution in [0.2, 0.25) is 0 Å². The van der Waals surface area contributed by atoms with Gasteiger partial charge in [0.15, 0.2) is 0 Å². The summed E-state index contributed by atoms with van der Waals surface area (Å²) in [5.74, 6) is 0.605. The molecule has 0 unspecified atom stereocenters. The van der Waals surface area contributed by atoms with Crippen molar-refractivity contribution in [2.45, 2.75) is 78.6 Å². The minimum atomic E-state index is -0.149. The smallest absolute Gasteiger partial charge is 0.146 e. The standard InChI is InChI=1S/C30H37N3O2/c1-8-29(4,5)22-17-21(27(34)23(18-22)30(6,7)9-2)16-20-14-19(3)15-26(28(20)35)33-31-24-12-10-11-13-25(24)32(31)33/h10-15,17-18,34-35H,8-9,16H2,1-7H3. The van der Waals surface area contributed by atoms with Crippen molar-refractivity contribution in [1.29, 1.82) is 0 Å². The minimum Gasteiger partial charge on any atom is -0.507 e. The summed E-state index contributed by atoms with van der Waals surface area (Å²) in [6, 6.07) is 16.6. The SMILES string of the molecule is CCC(C)(C)c1cc(Cc2cc(C)cc(-n3n4c5ccccc5n34)c2O)c(O)c(C(C)(C)CC)c1. The number of hydrogen-bond acceptors (Lipinski definition) is 2. The highest BCUT2D eigenvalue weighted by atomic mass is 16.3. The normalized spacial score (nSPS) is 13.0. The number of para-hydroxylation sites is 2. The third kappa shape index (κ3) is 3.60. The van der Waals surface area contributed by atoms with Gasteiger partial charge in [0.25, 0.3) is 0 Å². The van der Waals surface area contributed by atoms with Crippen molar-refractivity contribution >= 4 is 11.0 Å². The van der Waals surface area contributed by atoms with E-state index in [1.54, 1.807) is 0 Å². The van der Waals surface area contributed by atoms with Crippen molar-refractivity contribution in [3.63, 3.8) is 0 Å². The van der Waals surface area contributed by atoms with Gasteiger partial charge in [0.2, 0.25) is 0 Å². The van der Waals surface area contributed by atoms with Gasteiger partial charge in [-0.15, -0.1) is 14.1 Å². The van der Waals surface area contributed by atoms with E-state index in [1.807, 2.05) is 29.1 Å². The Morgan fingerprint density at radius 2 is 1.31 bits per heavy atom. The second-order valence-electron chi connectivity index (χ2n) is 11.3. The van der Waals surface area contributed by atoms with E-state index in [1.165, 1.54) is 5.56 Å². The van der Waals surface area contributed by atoms with Crippen molar-refractivity contribution in [2.24, 2.45) is 0 Å². The van der Waals surface area contributed by atoms with E-state index in [4.69, 9.17) is 0 Å². The van der Waals surface area contributed by atoms with Gasteiger partial charge < -0.3 is 10.2 Å². The third-order valence-corrected chi connectivity index (χ3v) is 8.20. The lowest BCUT2D eigenvalue weighted by Gasteiger charge is -2.31. The zero-order chi connectivity index (χ0) is 25.3. The first kappa shape index (κ1) is 23.4. The molecule has 0 amide bonds. The second kappa shape index (κ2) is 7.84. The molecule has 5 heteroatoms. The monoisotopic (exact) mass is 471 g/mol. The number of phenolic OH excluding ortho intramolecular Hbond substituents is 2. The third-order valence-electron chi connectivity index (χ3n) is 8.20. The molecule has 0 aliphatic carbocycles. The van der Waals surface area contributed by atoms with E-state index in [2.05, 4.69) is 82.0 Å². The van der Waals surface area contributed by atoms with Crippen molar-refractivity contribution in [2.75, 3.05) is 0 Å². The lowest BCUT2D eigenvalue weighted by molar-refractivity contribution is 0.420. The number of hydrogen-bond donors (Lipinski definition) is 2. The van der Waals surface area contributed by atoms with Crippen LogP contribution in [0, 0.1) is 6.92 Å². The largest absolute Gasteiger partial charge is 0.507 e. The van der Waals surface area contributed by atoms with Gasteiger partial charge in [-0.1, -0.05) is 71.9 Å². The van der Waals surface area contributed by atoms with Crippen LogP contribution in [0.1, 0.15) is 82.2 Å². The number of aromatic nitrogens is 3. The molecule has 0 saturated carbocycles. The summed E-state index contributed by atoms with van der Waals surface area (Å²) >= 11 is 0. The fourth-order valence-electron chi connectivity index (χ4n) is 4.95. The van der Waals surface area contributed by atoms with Crippen LogP contribution in [0.3, 0.4) is 0 Å². The molecule has 2 aromatic heterocycles. The Labute approximate surface area is 207 Å². The number of benzene rings is 3. The molecular formula is C30H37N3O2. The van der Waals surface area contributed by atoms with Gasteiger partial charge >= 0.3 is 0 Å². The first-order chi connectivity index (χ1) is 16.5. The molecule has 35 heavy (non-hydrogen) atoms. The predicted octanol–water partition coefficient (Wildman–Crippen LogP) is 7.11. The molecule has 2 heterocycles. The number of nitrogens with zero attached hydrogens (tertiary/aromatic N) is 3. The lowest BCUT2D eigenvalue weighted by Crippen LogP contribution is -2.21. The molecule has 0 aliphatic heterocycles. The minimum absolute atomic E-state index is 0.00786. The summed E-state index contributed by atoms with van der Waals surface area (Å²) in [5, 5.41) is 22.8. The van der Waals surface area contributed by atoms with Crippen LogP contribution in [0.15, 0.2) is 48.5 Å². The van der Waals surface area contributed by atoms with E-state index in [0.717, 1.165) is 51.8 Å². The Morgan fingerprint density at radius 1 is 0.743 bits per heavy atom. The maximum Gasteiger partial charge on any atom is 0.146 e. The van der Waals surface area contributed by atoms with Gasteiger partial charge in [-0.2, -0.15) is 0 Å². The molecule has 3 aromatic carbocycles. The molecule has 5 aromatic rings. The summed E-state index contributed by atoms with van der Waals surface area (Å²) in [7, 11) is 0. The van der Waals surface area contributed by atoms with Gasteiger partial charge in [0.05, 0.1) is 0 Å². The summed E-state index contributed by atoms with van der Waals surface area (Å²) in [6.45, 7) is 15.3. The van der Waals surface area contributed by atoms with Gasteiger partial charge in [-0.05, 0) is 65.5 Å². The van der Waals surface area contributed by atoms with Gasteiger partial charge in [-0.3, -0.25) is 0 Å². The number of fused-ring (bicyclic) bond motifs is 4. The zero-order valence-electron chi connectivity index (χ0n) is 22.0. The number of phenols is 2. The van der Waals surface area contributed by atoms with Crippen LogP contribution in [-0.2, 0) is 17.3 Å². The summed E-state index contributed by atoms with van der Waals surface area (Å²) in [4.78, 5) is 2.00. The molecule has 5 rings (SSSR count). The summed E-state index contributed by atoms with van der Waals surface area (Å²) in [5.41, 5.74) is 7.84. The first-order valence-electron chi connectivity index (χ1n) is 12.7. The molecule has 2 N–H and O–H groups in total. The molecule has 0 fully saturated rings. The molecule has 0 atom stereocenters.